The van der Waals surface area contributed by atoms with Crippen molar-refractivity contribution in [3.63, 3.8) is 0 Å². The Balaban J connectivity index is 2.36. The van der Waals surface area contributed by atoms with E-state index < -0.39 is 5.97 Å². The van der Waals surface area contributed by atoms with Crippen LogP contribution >= 0.6 is 0 Å². The molecule has 2 aromatic heterocycles. The third-order valence-corrected chi connectivity index (χ3v) is 2.62. The molecule has 2 rings (SSSR count). The maximum absolute atomic E-state index is 11.1. The quantitative estimate of drug-likeness (QED) is 0.896. The van der Waals surface area contributed by atoms with Crippen LogP contribution in [0.1, 0.15) is 47.5 Å². The van der Waals surface area contributed by atoms with E-state index in [1.54, 1.807) is 4.68 Å². The van der Waals surface area contributed by atoms with Gasteiger partial charge < -0.3 is 9.52 Å². The van der Waals surface area contributed by atoms with Crippen molar-refractivity contribution in [2.24, 2.45) is 0 Å². The fraction of sp³-hybridized carbons (Fsp3) is 0.417. The lowest BCUT2D eigenvalue weighted by molar-refractivity contribution is 0.0688. The summed E-state index contributed by atoms with van der Waals surface area (Å²) in [5.41, 5.74) is 0.616. The van der Waals surface area contributed by atoms with E-state index in [-0.39, 0.29) is 11.6 Å². The average molecular weight is 249 g/mol. The van der Waals surface area contributed by atoms with Gasteiger partial charge in [0, 0.05) is 0 Å². The van der Waals surface area contributed by atoms with Crippen molar-refractivity contribution in [2.75, 3.05) is 0 Å². The van der Waals surface area contributed by atoms with Crippen molar-refractivity contribution >= 4 is 5.97 Å². The van der Waals surface area contributed by atoms with E-state index >= 15 is 0 Å². The van der Waals surface area contributed by atoms with Gasteiger partial charge in [0.2, 0.25) is 0 Å². The van der Waals surface area contributed by atoms with Crippen LogP contribution in [0.2, 0.25) is 0 Å². The van der Waals surface area contributed by atoms with Crippen LogP contribution in [-0.4, -0.2) is 26.1 Å². The SMILES string of the molecule is Cc1ccc(Cn2nnc(C(=O)O)c2C(C)C)o1. The maximum Gasteiger partial charge on any atom is 0.358 e. The van der Waals surface area contributed by atoms with Crippen LogP contribution in [0.5, 0.6) is 0 Å². The maximum atomic E-state index is 11.1. The largest absolute Gasteiger partial charge is 0.476 e. The van der Waals surface area contributed by atoms with E-state index in [1.165, 1.54) is 0 Å². The van der Waals surface area contributed by atoms with Gasteiger partial charge in [-0.3, -0.25) is 0 Å². The third kappa shape index (κ3) is 2.27. The average Bonchev–Trinajstić information content (AvgIpc) is 2.85. The van der Waals surface area contributed by atoms with E-state index in [9.17, 15) is 4.79 Å². The molecule has 0 fully saturated rings. The molecule has 6 nitrogen and oxygen atoms in total. The molecule has 0 atom stereocenters. The Morgan fingerprint density at radius 2 is 2.22 bits per heavy atom. The first-order chi connectivity index (χ1) is 8.49. The van der Waals surface area contributed by atoms with Gasteiger partial charge in [0.05, 0.1) is 5.69 Å². The van der Waals surface area contributed by atoms with E-state index in [0.717, 1.165) is 11.5 Å². The second-order valence-corrected chi connectivity index (χ2v) is 4.45. The van der Waals surface area contributed by atoms with Crippen LogP contribution in [0.4, 0.5) is 0 Å². The van der Waals surface area contributed by atoms with Gasteiger partial charge in [-0.25, -0.2) is 9.48 Å². The zero-order chi connectivity index (χ0) is 13.3. The number of aryl methyl sites for hydroxylation is 1. The minimum atomic E-state index is -1.06. The summed E-state index contributed by atoms with van der Waals surface area (Å²) in [6.07, 6.45) is 0. The second-order valence-electron chi connectivity index (χ2n) is 4.45. The summed E-state index contributed by atoms with van der Waals surface area (Å²) in [6, 6.07) is 3.71. The highest BCUT2D eigenvalue weighted by Crippen LogP contribution is 2.19. The van der Waals surface area contributed by atoms with Crippen LogP contribution in [0.15, 0.2) is 16.5 Å². The number of rotatable bonds is 4. The Morgan fingerprint density at radius 3 is 2.72 bits per heavy atom. The zero-order valence-corrected chi connectivity index (χ0v) is 10.5. The number of carboxylic acid groups (broad SMARTS) is 1. The number of aromatic carboxylic acids is 1. The molecule has 0 saturated carbocycles. The number of carboxylic acids is 1. The van der Waals surface area contributed by atoms with Gasteiger partial charge >= 0.3 is 5.97 Å². The summed E-state index contributed by atoms with van der Waals surface area (Å²) in [6.45, 7) is 6.07. The van der Waals surface area contributed by atoms with Gasteiger partial charge in [0.25, 0.3) is 0 Å². The number of aromatic nitrogens is 3. The minimum absolute atomic E-state index is 0.00766. The highest BCUT2D eigenvalue weighted by Gasteiger charge is 2.21. The first-order valence-electron chi connectivity index (χ1n) is 5.71. The fourth-order valence-corrected chi connectivity index (χ4v) is 1.88. The molecule has 1 N–H and O–H groups in total. The van der Waals surface area contributed by atoms with Crippen molar-refractivity contribution in [3.8, 4) is 0 Å². The molecule has 96 valence electrons. The molecule has 0 unspecified atom stereocenters. The van der Waals surface area contributed by atoms with Crippen LogP contribution in [0.3, 0.4) is 0 Å². The lowest BCUT2D eigenvalue weighted by Crippen LogP contribution is -2.10. The van der Waals surface area contributed by atoms with Crippen LogP contribution in [-0.2, 0) is 6.54 Å². The molecule has 2 heterocycles. The summed E-state index contributed by atoms with van der Waals surface area (Å²) in [7, 11) is 0. The molecule has 0 aliphatic rings. The topological polar surface area (TPSA) is 81.2 Å². The second kappa shape index (κ2) is 4.64. The number of carbonyl (C=O) groups is 1. The summed E-state index contributed by atoms with van der Waals surface area (Å²) in [4.78, 5) is 11.1. The standard InChI is InChI=1S/C12H15N3O3/c1-7(2)11-10(12(16)17)13-14-15(11)6-9-5-4-8(3)18-9/h4-5,7H,6H2,1-3H3,(H,16,17). The first-order valence-corrected chi connectivity index (χ1v) is 5.71. The summed E-state index contributed by atoms with van der Waals surface area (Å²) >= 11 is 0. The summed E-state index contributed by atoms with van der Waals surface area (Å²) < 4.78 is 7.03. The Morgan fingerprint density at radius 1 is 1.50 bits per heavy atom. The van der Waals surface area contributed by atoms with Crippen molar-refractivity contribution in [1.29, 1.82) is 0 Å². The summed E-state index contributed by atoms with van der Waals surface area (Å²) in [5.74, 6) is 0.522. The van der Waals surface area contributed by atoms with Gasteiger partial charge in [-0.15, -0.1) is 5.10 Å². The monoisotopic (exact) mass is 249 g/mol. The van der Waals surface area contributed by atoms with Crippen LogP contribution < -0.4 is 0 Å². The smallest absolute Gasteiger partial charge is 0.358 e. The molecule has 0 aliphatic heterocycles. The van der Waals surface area contributed by atoms with Gasteiger partial charge in [0.1, 0.15) is 18.1 Å². The molecular formula is C12H15N3O3. The Bertz CT molecular complexity index is 569. The Labute approximate surface area is 104 Å². The highest BCUT2D eigenvalue weighted by molar-refractivity contribution is 5.86. The Kier molecular flexibility index (Phi) is 3.18. The molecular weight excluding hydrogens is 234 g/mol. The number of hydrogen-bond donors (Lipinski definition) is 1. The lowest BCUT2D eigenvalue weighted by atomic mass is 10.1. The predicted molar refractivity (Wildman–Crippen MR) is 63.6 cm³/mol. The lowest BCUT2D eigenvalue weighted by Gasteiger charge is -2.08. The normalized spacial score (nSPS) is 11.1. The van der Waals surface area contributed by atoms with Crippen molar-refractivity contribution < 1.29 is 14.3 Å². The van der Waals surface area contributed by atoms with E-state index in [0.29, 0.717) is 12.2 Å². The molecule has 0 saturated heterocycles. The molecule has 0 amide bonds. The van der Waals surface area contributed by atoms with E-state index in [1.807, 2.05) is 32.9 Å². The first kappa shape index (κ1) is 12.3. The molecule has 18 heavy (non-hydrogen) atoms. The van der Waals surface area contributed by atoms with Gasteiger partial charge in [-0.1, -0.05) is 19.1 Å². The molecule has 2 aromatic rings. The van der Waals surface area contributed by atoms with E-state index in [4.69, 9.17) is 9.52 Å². The molecule has 0 aliphatic carbocycles. The number of nitrogens with zero attached hydrogens (tertiary/aromatic N) is 3. The van der Waals surface area contributed by atoms with E-state index in [2.05, 4.69) is 10.3 Å². The summed E-state index contributed by atoms with van der Waals surface area (Å²) in [5, 5.41) is 16.7. The number of furan rings is 1. The predicted octanol–water partition coefficient (Wildman–Crippen LogP) is 2.05. The van der Waals surface area contributed by atoms with Crippen molar-refractivity contribution in [2.45, 2.75) is 33.2 Å². The highest BCUT2D eigenvalue weighted by atomic mass is 16.4. The molecule has 0 bridgehead atoms. The van der Waals surface area contributed by atoms with Gasteiger partial charge in [0.15, 0.2) is 5.69 Å². The van der Waals surface area contributed by atoms with Crippen LogP contribution in [0.25, 0.3) is 0 Å². The minimum Gasteiger partial charge on any atom is -0.476 e. The van der Waals surface area contributed by atoms with Crippen LogP contribution in [0, 0.1) is 6.92 Å². The molecule has 0 aromatic carbocycles. The molecule has 0 spiro atoms. The molecule has 6 heteroatoms. The van der Waals surface area contributed by atoms with Crippen molar-refractivity contribution in [3.05, 3.63) is 35.0 Å². The molecule has 0 radical (unpaired) electrons. The third-order valence-electron chi connectivity index (χ3n) is 2.62. The van der Waals surface area contributed by atoms with Gasteiger partial charge in [-0.2, -0.15) is 0 Å². The Hall–Kier alpha value is -2.11. The van der Waals surface area contributed by atoms with Gasteiger partial charge in [-0.05, 0) is 25.0 Å². The fourth-order valence-electron chi connectivity index (χ4n) is 1.88. The van der Waals surface area contributed by atoms with Crippen molar-refractivity contribution in [1.82, 2.24) is 15.0 Å². The number of hydrogen-bond acceptors (Lipinski definition) is 4. The zero-order valence-electron chi connectivity index (χ0n) is 10.5.